The molecule has 0 heterocycles. The van der Waals surface area contributed by atoms with Crippen molar-refractivity contribution in [2.75, 3.05) is 0 Å². The van der Waals surface area contributed by atoms with Gasteiger partial charge in [-0.05, 0) is 31.0 Å². The Bertz CT molecular complexity index is 433. The quantitative estimate of drug-likeness (QED) is 0.837. The Hall–Kier alpha value is -1.13. The number of hydrogen-bond donors (Lipinski definition) is 2. The molecule has 0 aromatic heterocycles. The van der Waals surface area contributed by atoms with E-state index in [4.69, 9.17) is 11.6 Å². The molecule has 18 heavy (non-hydrogen) atoms. The van der Waals surface area contributed by atoms with Gasteiger partial charge in [0.1, 0.15) is 11.4 Å². The zero-order valence-electron chi connectivity index (χ0n) is 10.5. The topological polar surface area (TPSA) is 49.3 Å². The number of halogens is 2. The first-order valence-corrected chi connectivity index (χ1v) is 6.25. The molecule has 1 rings (SSSR count). The standard InChI is InChI=1S/C13H17ClFNO2/c1-3-13(4-2,12(17)18)16-8-9-7-10(14)5-6-11(9)15/h5-7,16H,3-4,8H2,1-2H3,(H,17,18). The summed E-state index contributed by atoms with van der Waals surface area (Å²) in [5.74, 6) is -1.31. The summed E-state index contributed by atoms with van der Waals surface area (Å²) >= 11 is 5.79. The molecule has 5 heteroatoms. The number of carbonyl (C=O) groups is 1. The van der Waals surface area contributed by atoms with Crippen LogP contribution in [0, 0.1) is 5.82 Å². The van der Waals surface area contributed by atoms with Crippen molar-refractivity contribution in [1.82, 2.24) is 5.32 Å². The molecule has 0 atom stereocenters. The van der Waals surface area contributed by atoms with Crippen LogP contribution in [-0.4, -0.2) is 16.6 Å². The highest BCUT2D eigenvalue weighted by Crippen LogP contribution is 2.19. The van der Waals surface area contributed by atoms with Gasteiger partial charge in [-0.3, -0.25) is 10.1 Å². The lowest BCUT2D eigenvalue weighted by atomic mass is 9.92. The first kappa shape index (κ1) is 14.9. The largest absolute Gasteiger partial charge is 0.480 e. The SMILES string of the molecule is CCC(CC)(NCc1cc(Cl)ccc1F)C(=O)O. The summed E-state index contributed by atoms with van der Waals surface area (Å²) in [6.45, 7) is 3.72. The van der Waals surface area contributed by atoms with Gasteiger partial charge in [-0.15, -0.1) is 0 Å². The van der Waals surface area contributed by atoms with Gasteiger partial charge in [-0.25, -0.2) is 4.39 Å². The number of benzene rings is 1. The summed E-state index contributed by atoms with van der Waals surface area (Å²) < 4.78 is 13.5. The fraction of sp³-hybridized carbons (Fsp3) is 0.462. The highest BCUT2D eigenvalue weighted by molar-refractivity contribution is 6.30. The molecule has 0 radical (unpaired) electrons. The molecular formula is C13H17ClFNO2. The van der Waals surface area contributed by atoms with Crippen LogP contribution in [0.1, 0.15) is 32.3 Å². The molecule has 0 saturated heterocycles. The minimum atomic E-state index is -1.02. The van der Waals surface area contributed by atoms with E-state index in [9.17, 15) is 14.3 Å². The zero-order valence-corrected chi connectivity index (χ0v) is 11.2. The molecule has 3 nitrogen and oxygen atoms in total. The summed E-state index contributed by atoms with van der Waals surface area (Å²) in [4.78, 5) is 11.3. The molecule has 0 unspecified atom stereocenters. The van der Waals surface area contributed by atoms with Crippen LogP contribution < -0.4 is 5.32 Å². The van der Waals surface area contributed by atoms with E-state index in [0.717, 1.165) is 0 Å². The average Bonchev–Trinajstić information content (AvgIpc) is 2.35. The van der Waals surface area contributed by atoms with E-state index in [2.05, 4.69) is 5.32 Å². The van der Waals surface area contributed by atoms with Gasteiger partial charge in [0.05, 0.1) is 0 Å². The first-order chi connectivity index (χ1) is 8.45. The Balaban J connectivity index is 2.85. The lowest BCUT2D eigenvalue weighted by Gasteiger charge is -2.28. The third-order valence-corrected chi connectivity index (χ3v) is 3.48. The molecule has 0 aliphatic carbocycles. The van der Waals surface area contributed by atoms with E-state index in [1.807, 2.05) is 0 Å². The van der Waals surface area contributed by atoms with Crippen LogP contribution in [0.4, 0.5) is 4.39 Å². The predicted molar refractivity (Wildman–Crippen MR) is 69.2 cm³/mol. The van der Waals surface area contributed by atoms with Crippen LogP contribution >= 0.6 is 11.6 Å². The molecular weight excluding hydrogens is 257 g/mol. The maximum atomic E-state index is 13.5. The molecule has 1 aromatic carbocycles. The number of nitrogens with one attached hydrogen (secondary N) is 1. The fourth-order valence-electron chi connectivity index (χ4n) is 1.82. The van der Waals surface area contributed by atoms with E-state index in [0.29, 0.717) is 23.4 Å². The Morgan fingerprint density at radius 1 is 1.44 bits per heavy atom. The van der Waals surface area contributed by atoms with E-state index in [-0.39, 0.29) is 6.54 Å². The molecule has 2 N–H and O–H groups in total. The van der Waals surface area contributed by atoms with Gasteiger partial charge in [-0.2, -0.15) is 0 Å². The summed E-state index contributed by atoms with van der Waals surface area (Å²) in [5.41, 5.74) is -0.649. The van der Waals surface area contributed by atoms with Crippen molar-refractivity contribution in [2.24, 2.45) is 0 Å². The second kappa shape index (κ2) is 6.16. The third kappa shape index (κ3) is 3.21. The van der Waals surface area contributed by atoms with E-state index >= 15 is 0 Å². The van der Waals surface area contributed by atoms with Crippen molar-refractivity contribution in [3.05, 3.63) is 34.6 Å². The van der Waals surface area contributed by atoms with Crippen molar-refractivity contribution in [3.8, 4) is 0 Å². The maximum Gasteiger partial charge on any atom is 0.323 e. The summed E-state index contributed by atoms with van der Waals surface area (Å²) in [5, 5.41) is 12.6. The minimum absolute atomic E-state index is 0.139. The van der Waals surface area contributed by atoms with Gasteiger partial charge in [0.15, 0.2) is 0 Å². The van der Waals surface area contributed by atoms with Crippen molar-refractivity contribution in [1.29, 1.82) is 0 Å². The van der Waals surface area contributed by atoms with Gasteiger partial charge < -0.3 is 5.11 Å². The molecule has 0 spiro atoms. The normalized spacial score (nSPS) is 11.6. The second-order valence-corrected chi connectivity index (χ2v) is 4.62. The number of rotatable bonds is 6. The molecule has 0 saturated carbocycles. The van der Waals surface area contributed by atoms with Crippen LogP contribution in [0.3, 0.4) is 0 Å². The average molecular weight is 274 g/mol. The van der Waals surface area contributed by atoms with Crippen LogP contribution in [0.2, 0.25) is 5.02 Å². The number of carboxylic acid groups (broad SMARTS) is 1. The predicted octanol–water partition coefficient (Wildman–Crippen LogP) is 3.21. The van der Waals surface area contributed by atoms with Gasteiger partial charge >= 0.3 is 5.97 Å². The van der Waals surface area contributed by atoms with Gasteiger partial charge in [0, 0.05) is 17.1 Å². The second-order valence-electron chi connectivity index (χ2n) is 4.18. The molecule has 0 aliphatic heterocycles. The Morgan fingerprint density at radius 3 is 2.56 bits per heavy atom. The van der Waals surface area contributed by atoms with Gasteiger partial charge in [0.2, 0.25) is 0 Å². The van der Waals surface area contributed by atoms with E-state index < -0.39 is 17.3 Å². The number of carboxylic acids is 1. The van der Waals surface area contributed by atoms with Crippen LogP contribution in [0.5, 0.6) is 0 Å². The highest BCUT2D eigenvalue weighted by Gasteiger charge is 2.34. The first-order valence-electron chi connectivity index (χ1n) is 5.87. The fourth-order valence-corrected chi connectivity index (χ4v) is 2.02. The smallest absolute Gasteiger partial charge is 0.323 e. The lowest BCUT2D eigenvalue weighted by molar-refractivity contribution is -0.145. The van der Waals surface area contributed by atoms with Crippen molar-refractivity contribution in [3.63, 3.8) is 0 Å². The zero-order chi connectivity index (χ0) is 13.8. The van der Waals surface area contributed by atoms with Crippen LogP contribution in [-0.2, 0) is 11.3 Å². The third-order valence-electron chi connectivity index (χ3n) is 3.24. The molecule has 1 aromatic rings. The van der Waals surface area contributed by atoms with Crippen LogP contribution in [0.15, 0.2) is 18.2 Å². The van der Waals surface area contributed by atoms with Gasteiger partial charge in [-0.1, -0.05) is 25.4 Å². The highest BCUT2D eigenvalue weighted by atomic mass is 35.5. The number of hydrogen-bond acceptors (Lipinski definition) is 2. The molecule has 0 fully saturated rings. The summed E-state index contributed by atoms with van der Waals surface area (Å²) in [6.07, 6.45) is 0.863. The monoisotopic (exact) mass is 273 g/mol. The van der Waals surface area contributed by atoms with Crippen molar-refractivity contribution in [2.45, 2.75) is 38.8 Å². The summed E-state index contributed by atoms with van der Waals surface area (Å²) in [6, 6.07) is 4.24. The molecule has 0 bridgehead atoms. The van der Waals surface area contributed by atoms with Crippen LogP contribution in [0.25, 0.3) is 0 Å². The molecule has 0 aliphatic rings. The lowest BCUT2D eigenvalue weighted by Crippen LogP contribution is -2.50. The van der Waals surface area contributed by atoms with E-state index in [1.54, 1.807) is 13.8 Å². The maximum absolute atomic E-state index is 13.5. The minimum Gasteiger partial charge on any atom is -0.480 e. The Labute approximate surface area is 111 Å². The Kier molecular flexibility index (Phi) is 5.11. The van der Waals surface area contributed by atoms with Gasteiger partial charge in [0.25, 0.3) is 0 Å². The summed E-state index contributed by atoms with van der Waals surface area (Å²) in [7, 11) is 0. The molecule has 0 amide bonds. The number of aliphatic carboxylic acids is 1. The van der Waals surface area contributed by atoms with Crippen molar-refractivity contribution < 1.29 is 14.3 Å². The van der Waals surface area contributed by atoms with Crippen molar-refractivity contribution >= 4 is 17.6 Å². The Morgan fingerprint density at radius 2 is 2.06 bits per heavy atom. The molecule has 100 valence electrons. The van der Waals surface area contributed by atoms with E-state index in [1.165, 1.54) is 18.2 Å².